The van der Waals surface area contributed by atoms with Crippen molar-refractivity contribution in [2.24, 2.45) is 0 Å². The van der Waals surface area contributed by atoms with Crippen molar-refractivity contribution in [3.8, 4) is 0 Å². The first kappa shape index (κ1) is 16.5. The Morgan fingerprint density at radius 2 is 1.70 bits per heavy atom. The highest BCUT2D eigenvalue weighted by molar-refractivity contribution is 6.07. The van der Waals surface area contributed by atoms with E-state index in [2.05, 4.69) is 47.4 Å². The van der Waals surface area contributed by atoms with Crippen molar-refractivity contribution in [3.05, 3.63) is 71.9 Å². The van der Waals surface area contributed by atoms with E-state index in [9.17, 15) is 4.79 Å². The number of amides is 1. The first-order valence-corrected chi connectivity index (χ1v) is 9.62. The van der Waals surface area contributed by atoms with Gasteiger partial charge in [-0.25, -0.2) is 0 Å². The average Bonchev–Trinajstić information content (AvgIpc) is 2.92. The second-order valence-electron chi connectivity index (χ2n) is 7.73. The van der Waals surface area contributed by atoms with Crippen LogP contribution in [0.15, 0.2) is 60.7 Å². The van der Waals surface area contributed by atoms with Gasteiger partial charge in [-0.15, -0.1) is 0 Å². The van der Waals surface area contributed by atoms with E-state index in [4.69, 9.17) is 4.98 Å². The molecule has 1 fully saturated rings. The second kappa shape index (κ2) is 6.17. The van der Waals surface area contributed by atoms with Gasteiger partial charge in [-0.05, 0) is 49.7 Å². The normalized spacial score (nSPS) is 19.0. The van der Waals surface area contributed by atoms with Crippen LogP contribution < -0.4 is 4.90 Å². The number of carbonyl (C=O) groups is 1. The molecular weight excluding hydrogens is 334 g/mol. The summed E-state index contributed by atoms with van der Waals surface area (Å²) in [6.07, 6.45) is 1.75. The fourth-order valence-corrected chi connectivity index (χ4v) is 4.72. The largest absolute Gasteiger partial charge is 0.314 e. The number of anilines is 1. The van der Waals surface area contributed by atoms with E-state index in [-0.39, 0.29) is 11.3 Å². The Morgan fingerprint density at radius 1 is 0.963 bits per heavy atom. The van der Waals surface area contributed by atoms with Gasteiger partial charge in [0.15, 0.2) is 0 Å². The lowest BCUT2D eigenvalue weighted by atomic mass is 9.73. The number of carbonyl (C=O) groups excluding carboxylic acids is 1. The summed E-state index contributed by atoms with van der Waals surface area (Å²) in [6, 6.07) is 20.8. The maximum absolute atomic E-state index is 13.0. The molecule has 3 aromatic rings. The number of rotatable bonds is 2. The monoisotopic (exact) mass is 357 g/mol. The molecule has 27 heavy (non-hydrogen) atoms. The predicted octanol–water partition coefficient (Wildman–Crippen LogP) is 3.75. The van der Waals surface area contributed by atoms with Gasteiger partial charge in [0.05, 0.1) is 16.6 Å². The molecule has 0 aliphatic carbocycles. The second-order valence-corrected chi connectivity index (χ2v) is 7.73. The summed E-state index contributed by atoms with van der Waals surface area (Å²) < 4.78 is 0. The molecule has 0 N–H and O–H groups in total. The number of para-hydroxylation sites is 2. The molecule has 2 aliphatic rings. The average molecular weight is 357 g/mol. The van der Waals surface area contributed by atoms with Crippen LogP contribution in [0.2, 0.25) is 0 Å². The number of hydrogen-bond donors (Lipinski definition) is 0. The summed E-state index contributed by atoms with van der Waals surface area (Å²) in [5.41, 5.74) is 4.09. The van der Waals surface area contributed by atoms with E-state index in [0.717, 1.165) is 49.4 Å². The Kier molecular flexibility index (Phi) is 3.76. The zero-order valence-electron chi connectivity index (χ0n) is 15.6. The highest BCUT2D eigenvalue weighted by atomic mass is 16.2. The molecule has 0 radical (unpaired) electrons. The van der Waals surface area contributed by atoms with E-state index in [0.29, 0.717) is 0 Å². The SMILES string of the molecule is CN1C(=O)C2(CCN(Cc3ccc4ccccc4n3)CC2)c2ccccc21. The lowest BCUT2D eigenvalue weighted by molar-refractivity contribution is -0.124. The molecule has 0 atom stereocenters. The fraction of sp³-hybridized carbons (Fsp3) is 0.304. The Morgan fingerprint density at radius 3 is 2.56 bits per heavy atom. The Balaban J connectivity index is 1.35. The molecule has 1 amide bonds. The van der Waals surface area contributed by atoms with E-state index in [1.54, 1.807) is 0 Å². The summed E-state index contributed by atoms with van der Waals surface area (Å²) >= 11 is 0. The number of pyridine rings is 1. The third-order valence-electron chi connectivity index (χ3n) is 6.25. The van der Waals surface area contributed by atoms with Crippen molar-refractivity contribution in [3.63, 3.8) is 0 Å². The Hall–Kier alpha value is -2.72. The maximum Gasteiger partial charge on any atom is 0.237 e. The molecule has 136 valence electrons. The van der Waals surface area contributed by atoms with Gasteiger partial charge in [-0.3, -0.25) is 14.7 Å². The Bertz CT molecular complexity index is 1020. The van der Waals surface area contributed by atoms with Crippen LogP contribution in [-0.4, -0.2) is 35.9 Å². The zero-order valence-corrected chi connectivity index (χ0v) is 15.6. The zero-order chi connectivity index (χ0) is 18.4. The van der Waals surface area contributed by atoms with E-state index >= 15 is 0 Å². The Labute approximate surface area is 159 Å². The lowest BCUT2D eigenvalue weighted by Gasteiger charge is -2.38. The number of fused-ring (bicyclic) bond motifs is 3. The number of likely N-dealkylation sites (tertiary alicyclic amines) is 1. The van der Waals surface area contributed by atoms with Crippen molar-refractivity contribution in [1.82, 2.24) is 9.88 Å². The summed E-state index contributed by atoms with van der Waals surface area (Å²) in [4.78, 5) is 22.1. The molecular formula is C23H23N3O. The van der Waals surface area contributed by atoms with Crippen molar-refractivity contribution in [1.29, 1.82) is 0 Å². The minimum atomic E-state index is -0.335. The number of aromatic nitrogens is 1. The quantitative estimate of drug-likeness (QED) is 0.701. The van der Waals surface area contributed by atoms with Crippen LogP contribution in [0.5, 0.6) is 0 Å². The molecule has 1 saturated heterocycles. The van der Waals surface area contributed by atoms with Gasteiger partial charge in [-0.1, -0.05) is 42.5 Å². The molecule has 3 heterocycles. The third kappa shape index (κ3) is 2.55. The van der Waals surface area contributed by atoms with E-state index in [1.165, 1.54) is 10.9 Å². The fourth-order valence-electron chi connectivity index (χ4n) is 4.72. The molecule has 0 unspecified atom stereocenters. The predicted molar refractivity (Wildman–Crippen MR) is 108 cm³/mol. The molecule has 0 saturated carbocycles. The number of hydrogen-bond acceptors (Lipinski definition) is 3. The minimum Gasteiger partial charge on any atom is -0.314 e. The summed E-state index contributed by atoms with van der Waals surface area (Å²) in [7, 11) is 1.90. The van der Waals surface area contributed by atoms with Gasteiger partial charge >= 0.3 is 0 Å². The standard InChI is InChI=1S/C23H23N3O/c1-25-21-9-5-3-7-19(21)23(22(25)27)12-14-26(15-13-23)16-18-11-10-17-6-2-4-8-20(17)24-18/h2-11H,12-16H2,1H3. The number of nitrogens with zero attached hydrogens (tertiary/aromatic N) is 3. The summed E-state index contributed by atoms with van der Waals surface area (Å²) in [5, 5.41) is 1.18. The van der Waals surface area contributed by atoms with Crippen molar-refractivity contribution >= 4 is 22.5 Å². The highest BCUT2D eigenvalue weighted by Crippen LogP contribution is 2.47. The lowest BCUT2D eigenvalue weighted by Crippen LogP contribution is -2.47. The maximum atomic E-state index is 13.0. The van der Waals surface area contributed by atoms with Crippen molar-refractivity contribution in [2.75, 3.05) is 25.0 Å². The molecule has 5 rings (SSSR count). The smallest absolute Gasteiger partial charge is 0.237 e. The first-order chi connectivity index (χ1) is 13.2. The van der Waals surface area contributed by atoms with Crippen LogP contribution in [-0.2, 0) is 16.8 Å². The van der Waals surface area contributed by atoms with Crippen LogP contribution in [0.1, 0.15) is 24.1 Å². The molecule has 2 aromatic carbocycles. The number of piperidine rings is 1. The molecule has 1 aromatic heterocycles. The van der Waals surface area contributed by atoms with E-state index < -0.39 is 0 Å². The van der Waals surface area contributed by atoms with Crippen molar-refractivity contribution in [2.45, 2.75) is 24.8 Å². The van der Waals surface area contributed by atoms with Gasteiger partial charge < -0.3 is 4.90 Å². The van der Waals surface area contributed by atoms with Crippen LogP contribution in [0.4, 0.5) is 5.69 Å². The van der Waals surface area contributed by atoms with Gasteiger partial charge in [0, 0.05) is 24.7 Å². The minimum absolute atomic E-state index is 0.257. The van der Waals surface area contributed by atoms with Gasteiger partial charge in [0.1, 0.15) is 0 Å². The van der Waals surface area contributed by atoms with Gasteiger partial charge in [-0.2, -0.15) is 0 Å². The van der Waals surface area contributed by atoms with Crippen LogP contribution in [0, 0.1) is 0 Å². The van der Waals surface area contributed by atoms with Gasteiger partial charge in [0.25, 0.3) is 0 Å². The van der Waals surface area contributed by atoms with Crippen LogP contribution >= 0.6 is 0 Å². The first-order valence-electron chi connectivity index (χ1n) is 9.62. The molecule has 1 spiro atoms. The molecule has 4 heteroatoms. The van der Waals surface area contributed by atoms with E-state index in [1.807, 2.05) is 30.1 Å². The number of benzene rings is 2. The summed E-state index contributed by atoms with van der Waals surface area (Å²) in [6.45, 7) is 2.68. The van der Waals surface area contributed by atoms with Crippen LogP contribution in [0.25, 0.3) is 10.9 Å². The van der Waals surface area contributed by atoms with Crippen LogP contribution in [0.3, 0.4) is 0 Å². The third-order valence-corrected chi connectivity index (χ3v) is 6.25. The molecule has 0 bridgehead atoms. The molecule has 2 aliphatic heterocycles. The molecule has 4 nitrogen and oxygen atoms in total. The van der Waals surface area contributed by atoms with Crippen molar-refractivity contribution < 1.29 is 4.79 Å². The highest BCUT2D eigenvalue weighted by Gasteiger charge is 2.50. The number of likely N-dealkylation sites (N-methyl/N-ethyl adjacent to an activating group) is 1. The van der Waals surface area contributed by atoms with Gasteiger partial charge in [0.2, 0.25) is 5.91 Å². The summed E-state index contributed by atoms with van der Waals surface area (Å²) in [5.74, 6) is 0.257. The topological polar surface area (TPSA) is 36.4 Å².